The third-order valence-corrected chi connectivity index (χ3v) is 3.66. The van der Waals surface area contributed by atoms with Gasteiger partial charge in [-0.25, -0.2) is 9.98 Å². The van der Waals surface area contributed by atoms with Crippen LogP contribution < -0.4 is 25.3 Å². The van der Waals surface area contributed by atoms with Crippen molar-refractivity contribution in [1.29, 1.82) is 0 Å². The Hall–Kier alpha value is -2.96. The summed E-state index contributed by atoms with van der Waals surface area (Å²) in [5.41, 5.74) is 7.46. The maximum Gasteiger partial charge on any atom is 0.213 e. The third kappa shape index (κ3) is 5.77. The Balaban J connectivity index is 1.59. The van der Waals surface area contributed by atoms with Crippen molar-refractivity contribution in [2.24, 2.45) is 10.7 Å². The molecule has 0 radical (unpaired) electrons. The van der Waals surface area contributed by atoms with E-state index in [-0.39, 0.29) is 5.60 Å². The number of hydrogen-bond acceptors (Lipinski definition) is 5. The first-order valence-electron chi connectivity index (χ1n) is 9.00. The van der Waals surface area contributed by atoms with Crippen molar-refractivity contribution in [2.75, 3.05) is 18.5 Å². The van der Waals surface area contributed by atoms with E-state index < -0.39 is 0 Å². The van der Waals surface area contributed by atoms with Crippen LogP contribution in [0.15, 0.2) is 41.5 Å². The summed E-state index contributed by atoms with van der Waals surface area (Å²) >= 11 is 0. The van der Waals surface area contributed by atoms with Crippen LogP contribution in [0.5, 0.6) is 17.4 Å². The van der Waals surface area contributed by atoms with Crippen molar-refractivity contribution < 1.29 is 14.2 Å². The summed E-state index contributed by atoms with van der Waals surface area (Å²) in [4.78, 5) is 8.65. The van der Waals surface area contributed by atoms with Crippen LogP contribution in [0, 0.1) is 0 Å². The summed E-state index contributed by atoms with van der Waals surface area (Å²) in [6.07, 6.45) is 2.61. The second-order valence-electron chi connectivity index (χ2n) is 7.26. The Morgan fingerprint density at radius 2 is 1.96 bits per heavy atom. The van der Waals surface area contributed by atoms with Gasteiger partial charge in [0.05, 0.1) is 19.8 Å². The minimum atomic E-state index is -0.274. The molecule has 3 rings (SSSR count). The van der Waals surface area contributed by atoms with E-state index in [1.165, 1.54) is 0 Å². The van der Waals surface area contributed by atoms with Gasteiger partial charge < -0.3 is 25.3 Å². The molecule has 0 unspecified atom stereocenters. The van der Waals surface area contributed by atoms with E-state index in [2.05, 4.69) is 15.3 Å². The fourth-order valence-corrected chi connectivity index (χ4v) is 2.48. The van der Waals surface area contributed by atoms with Crippen LogP contribution in [-0.4, -0.2) is 29.8 Å². The molecule has 2 heterocycles. The molecule has 0 fully saturated rings. The van der Waals surface area contributed by atoms with Gasteiger partial charge in [0, 0.05) is 30.4 Å². The molecule has 1 aromatic carbocycles. The van der Waals surface area contributed by atoms with Gasteiger partial charge in [0.2, 0.25) is 5.88 Å². The van der Waals surface area contributed by atoms with E-state index >= 15 is 0 Å². The number of anilines is 1. The van der Waals surface area contributed by atoms with Gasteiger partial charge in [0.1, 0.15) is 5.60 Å². The highest BCUT2D eigenvalue weighted by Crippen LogP contribution is 2.32. The first kappa shape index (κ1) is 18.8. The number of nitrogens with one attached hydrogen (secondary N) is 1. The second-order valence-corrected chi connectivity index (χ2v) is 7.26. The number of guanidine groups is 1. The van der Waals surface area contributed by atoms with Crippen LogP contribution in [0.3, 0.4) is 0 Å². The topological polar surface area (TPSA) is 91.0 Å². The zero-order valence-corrected chi connectivity index (χ0v) is 16.0. The highest BCUT2D eigenvalue weighted by molar-refractivity contribution is 5.92. The van der Waals surface area contributed by atoms with Gasteiger partial charge in [-0.3, -0.25) is 0 Å². The number of aromatic nitrogens is 1. The second kappa shape index (κ2) is 8.16. The lowest BCUT2D eigenvalue weighted by Gasteiger charge is -2.20. The van der Waals surface area contributed by atoms with Gasteiger partial charge in [-0.15, -0.1) is 0 Å². The summed E-state index contributed by atoms with van der Waals surface area (Å²) in [7, 11) is 0. The standard InChI is InChI=1S/C20H26N4O3/c1-20(2,3)27-18-8-5-14(12-22-18)13-23-19(21)24-15-6-7-16-17(11-15)26-10-4-9-25-16/h5-8,11-12H,4,9-10,13H2,1-3H3,(H3,21,23,24). The molecule has 0 saturated heterocycles. The van der Waals surface area contributed by atoms with Crippen LogP contribution in [-0.2, 0) is 6.54 Å². The molecule has 2 aromatic rings. The van der Waals surface area contributed by atoms with Crippen molar-refractivity contribution in [3.63, 3.8) is 0 Å². The third-order valence-electron chi connectivity index (χ3n) is 3.66. The van der Waals surface area contributed by atoms with Crippen molar-refractivity contribution in [3.05, 3.63) is 42.1 Å². The zero-order chi connectivity index (χ0) is 19.3. The Labute approximate surface area is 159 Å². The number of ether oxygens (including phenoxy) is 3. The number of benzene rings is 1. The summed E-state index contributed by atoms with van der Waals surface area (Å²) < 4.78 is 17.0. The van der Waals surface area contributed by atoms with Crippen molar-refractivity contribution in [2.45, 2.75) is 39.3 Å². The van der Waals surface area contributed by atoms with Gasteiger partial charge in [0.15, 0.2) is 17.5 Å². The quantitative estimate of drug-likeness (QED) is 0.633. The molecule has 0 saturated carbocycles. The van der Waals surface area contributed by atoms with E-state index in [1.807, 2.05) is 51.1 Å². The number of fused-ring (bicyclic) bond motifs is 1. The van der Waals surface area contributed by atoms with Crippen LogP contribution in [0.4, 0.5) is 5.69 Å². The minimum absolute atomic E-state index is 0.274. The first-order chi connectivity index (χ1) is 12.9. The van der Waals surface area contributed by atoms with Gasteiger partial charge >= 0.3 is 0 Å². The molecule has 7 nitrogen and oxygen atoms in total. The highest BCUT2D eigenvalue weighted by Gasteiger charge is 2.12. The minimum Gasteiger partial charge on any atom is -0.490 e. The zero-order valence-electron chi connectivity index (χ0n) is 16.0. The smallest absolute Gasteiger partial charge is 0.213 e. The van der Waals surface area contributed by atoms with Crippen LogP contribution in [0.2, 0.25) is 0 Å². The average molecular weight is 370 g/mol. The summed E-state index contributed by atoms with van der Waals surface area (Å²) in [5, 5.41) is 3.07. The van der Waals surface area contributed by atoms with Crippen LogP contribution in [0.1, 0.15) is 32.8 Å². The van der Waals surface area contributed by atoms with Crippen molar-refractivity contribution >= 4 is 11.6 Å². The largest absolute Gasteiger partial charge is 0.490 e. The number of aliphatic imine (C=N–C) groups is 1. The fourth-order valence-electron chi connectivity index (χ4n) is 2.48. The molecular weight excluding hydrogens is 344 g/mol. The predicted octanol–water partition coefficient (Wildman–Crippen LogP) is 3.35. The molecule has 1 aliphatic heterocycles. The Kier molecular flexibility index (Phi) is 5.69. The van der Waals surface area contributed by atoms with E-state index in [0.717, 1.165) is 23.4 Å². The SMILES string of the molecule is CC(C)(C)Oc1ccc(CN=C(N)Nc2ccc3c(c2)OCCCO3)cn1. The molecule has 27 heavy (non-hydrogen) atoms. The molecule has 144 valence electrons. The van der Waals surface area contributed by atoms with E-state index in [4.69, 9.17) is 19.9 Å². The monoisotopic (exact) mass is 370 g/mol. The number of pyridine rings is 1. The highest BCUT2D eigenvalue weighted by atomic mass is 16.5. The molecule has 0 atom stereocenters. The summed E-state index contributed by atoms with van der Waals surface area (Å²) in [6, 6.07) is 9.38. The predicted molar refractivity (Wildman–Crippen MR) is 106 cm³/mol. The Morgan fingerprint density at radius 3 is 2.67 bits per heavy atom. The lowest BCUT2D eigenvalue weighted by molar-refractivity contribution is 0.124. The van der Waals surface area contributed by atoms with E-state index in [0.29, 0.717) is 37.3 Å². The molecule has 0 aliphatic carbocycles. The van der Waals surface area contributed by atoms with Gasteiger partial charge in [-0.1, -0.05) is 6.07 Å². The molecule has 0 bridgehead atoms. The van der Waals surface area contributed by atoms with Gasteiger partial charge in [-0.05, 0) is 38.5 Å². The summed E-state index contributed by atoms with van der Waals surface area (Å²) in [5.74, 6) is 2.37. The first-order valence-corrected chi connectivity index (χ1v) is 9.00. The number of rotatable bonds is 4. The number of hydrogen-bond donors (Lipinski definition) is 2. The average Bonchev–Trinajstić information content (AvgIpc) is 2.85. The molecule has 7 heteroatoms. The van der Waals surface area contributed by atoms with Crippen molar-refractivity contribution in [1.82, 2.24) is 4.98 Å². The molecule has 0 amide bonds. The molecular formula is C20H26N4O3. The molecule has 1 aromatic heterocycles. The maximum atomic E-state index is 6.00. The molecule has 3 N–H and O–H groups in total. The van der Waals surface area contributed by atoms with Crippen LogP contribution in [0.25, 0.3) is 0 Å². The lowest BCUT2D eigenvalue weighted by Crippen LogP contribution is -2.23. The maximum absolute atomic E-state index is 6.00. The van der Waals surface area contributed by atoms with Crippen LogP contribution >= 0.6 is 0 Å². The fraction of sp³-hybridized carbons (Fsp3) is 0.400. The van der Waals surface area contributed by atoms with Gasteiger partial charge in [-0.2, -0.15) is 0 Å². The summed E-state index contributed by atoms with van der Waals surface area (Å²) in [6.45, 7) is 7.68. The lowest BCUT2D eigenvalue weighted by atomic mass is 10.2. The van der Waals surface area contributed by atoms with Crippen molar-refractivity contribution in [3.8, 4) is 17.4 Å². The Morgan fingerprint density at radius 1 is 1.19 bits per heavy atom. The molecule has 0 spiro atoms. The number of nitrogens with two attached hydrogens (primary N) is 1. The number of nitrogens with zero attached hydrogens (tertiary/aromatic N) is 2. The molecule has 1 aliphatic rings. The van der Waals surface area contributed by atoms with Gasteiger partial charge in [0.25, 0.3) is 0 Å². The normalized spacial score (nSPS) is 14.4. The van der Waals surface area contributed by atoms with E-state index in [1.54, 1.807) is 6.20 Å². The van der Waals surface area contributed by atoms with E-state index in [9.17, 15) is 0 Å². The Bertz CT molecular complexity index is 798.